The minimum atomic E-state index is -1.23. The summed E-state index contributed by atoms with van der Waals surface area (Å²) in [5.74, 6) is -0.658. The number of hydrogen-bond donors (Lipinski definition) is 3. The molecule has 0 aliphatic heterocycles. The van der Waals surface area contributed by atoms with Crippen molar-refractivity contribution in [3.8, 4) is 0 Å². The average Bonchev–Trinajstić information content (AvgIpc) is 2.50. The molecule has 7 nitrogen and oxygen atoms in total. The standard InChI is InChI=1S/C18H26N2O5/c1-12(22)15(20-17(24)25-18(2,3)4)16(23)19-14(11-21)10-13-8-6-5-7-9-13/h5-9,11-12,14-15,22H,10H2,1-4H3,(H,19,23)(H,20,24)/t12-,14+,15+/m1/s1. The molecule has 7 heteroatoms. The Morgan fingerprint density at radius 2 is 1.80 bits per heavy atom. The van der Waals surface area contributed by atoms with Gasteiger partial charge in [0.25, 0.3) is 0 Å². The summed E-state index contributed by atoms with van der Waals surface area (Å²) in [6.07, 6.45) is -1.04. The van der Waals surface area contributed by atoms with Crippen LogP contribution in [0.1, 0.15) is 33.3 Å². The Bertz CT molecular complexity index is 581. The van der Waals surface area contributed by atoms with Gasteiger partial charge in [0.15, 0.2) is 0 Å². The molecule has 0 bridgehead atoms. The third kappa shape index (κ3) is 7.80. The van der Waals surface area contributed by atoms with E-state index in [0.29, 0.717) is 12.7 Å². The molecule has 0 fully saturated rings. The number of carbonyl (C=O) groups is 3. The van der Waals surface area contributed by atoms with E-state index in [1.807, 2.05) is 30.3 Å². The Kier molecular flexibility index (Phi) is 7.57. The van der Waals surface area contributed by atoms with Crippen LogP contribution in [0.5, 0.6) is 0 Å². The second kappa shape index (κ2) is 9.17. The van der Waals surface area contributed by atoms with Gasteiger partial charge in [-0.2, -0.15) is 0 Å². The highest BCUT2D eigenvalue weighted by Crippen LogP contribution is 2.08. The number of carbonyl (C=O) groups excluding carboxylic acids is 3. The molecular formula is C18H26N2O5. The molecule has 3 N–H and O–H groups in total. The lowest BCUT2D eigenvalue weighted by atomic mass is 10.1. The van der Waals surface area contributed by atoms with Crippen molar-refractivity contribution in [2.24, 2.45) is 0 Å². The summed E-state index contributed by atoms with van der Waals surface area (Å²) in [7, 11) is 0. The minimum absolute atomic E-state index is 0.315. The number of benzene rings is 1. The van der Waals surface area contributed by atoms with Crippen LogP contribution in [0, 0.1) is 0 Å². The van der Waals surface area contributed by atoms with Gasteiger partial charge in [-0.3, -0.25) is 4.79 Å². The van der Waals surface area contributed by atoms with Gasteiger partial charge in [0.05, 0.1) is 12.1 Å². The molecule has 0 saturated heterocycles. The second-order valence-electron chi connectivity index (χ2n) is 6.81. The Morgan fingerprint density at radius 1 is 1.20 bits per heavy atom. The first-order chi connectivity index (χ1) is 11.6. The van der Waals surface area contributed by atoms with Gasteiger partial charge in [-0.05, 0) is 39.7 Å². The largest absolute Gasteiger partial charge is 0.444 e. The highest BCUT2D eigenvalue weighted by atomic mass is 16.6. The first kappa shape index (κ1) is 20.6. The van der Waals surface area contributed by atoms with Crippen LogP contribution in [-0.4, -0.2) is 47.2 Å². The van der Waals surface area contributed by atoms with Crippen LogP contribution in [0.15, 0.2) is 30.3 Å². The highest BCUT2D eigenvalue weighted by Gasteiger charge is 2.29. The van der Waals surface area contributed by atoms with E-state index in [4.69, 9.17) is 4.74 Å². The van der Waals surface area contributed by atoms with E-state index in [1.165, 1.54) is 6.92 Å². The number of amides is 2. The summed E-state index contributed by atoms with van der Waals surface area (Å²) in [5.41, 5.74) is 0.149. The molecule has 0 aliphatic rings. The Hall–Kier alpha value is -2.41. The van der Waals surface area contributed by atoms with Gasteiger partial charge in [-0.25, -0.2) is 4.79 Å². The van der Waals surface area contributed by atoms with Crippen molar-refractivity contribution >= 4 is 18.3 Å². The van der Waals surface area contributed by atoms with Gasteiger partial charge in [0, 0.05) is 0 Å². The molecule has 3 atom stereocenters. The van der Waals surface area contributed by atoms with E-state index in [1.54, 1.807) is 20.8 Å². The number of aliphatic hydroxyl groups excluding tert-OH is 1. The molecule has 0 saturated carbocycles. The lowest BCUT2D eigenvalue weighted by molar-refractivity contribution is -0.128. The second-order valence-corrected chi connectivity index (χ2v) is 6.81. The lowest BCUT2D eigenvalue weighted by Crippen LogP contribution is -2.55. The molecule has 0 aromatic heterocycles. The molecule has 0 spiro atoms. The van der Waals surface area contributed by atoms with Gasteiger partial charge in [-0.1, -0.05) is 30.3 Å². The normalized spacial score (nSPS) is 14.8. The van der Waals surface area contributed by atoms with Gasteiger partial charge < -0.3 is 25.3 Å². The monoisotopic (exact) mass is 350 g/mol. The summed E-state index contributed by atoms with van der Waals surface area (Å²) >= 11 is 0. The third-order valence-electron chi connectivity index (χ3n) is 3.23. The number of alkyl carbamates (subject to hydrolysis) is 1. The van der Waals surface area contributed by atoms with Crippen LogP contribution in [0.3, 0.4) is 0 Å². The molecule has 0 radical (unpaired) electrons. The van der Waals surface area contributed by atoms with Crippen molar-refractivity contribution in [2.45, 2.75) is 57.9 Å². The zero-order valence-electron chi connectivity index (χ0n) is 15.0. The van der Waals surface area contributed by atoms with Crippen molar-refractivity contribution in [3.05, 3.63) is 35.9 Å². The van der Waals surface area contributed by atoms with E-state index in [9.17, 15) is 19.5 Å². The molecule has 0 aliphatic carbocycles. The van der Waals surface area contributed by atoms with Crippen molar-refractivity contribution in [1.82, 2.24) is 10.6 Å². The molecule has 1 aromatic rings. The fraction of sp³-hybridized carbons (Fsp3) is 0.500. The third-order valence-corrected chi connectivity index (χ3v) is 3.23. The summed E-state index contributed by atoms with van der Waals surface area (Å²) in [6, 6.07) is 7.21. The number of aliphatic hydroxyl groups is 1. The highest BCUT2D eigenvalue weighted by molar-refractivity contribution is 5.88. The van der Waals surface area contributed by atoms with Crippen LogP contribution < -0.4 is 10.6 Å². The molecule has 1 rings (SSSR count). The Labute approximate surface area is 147 Å². The maximum atomic E-state index is 12.3. The van der Waals surface area contributed by atoms with Crippen molar-refractivity contribution in [3.63, 3.8) is 0 Å². The van der Waals surface area contributed by atoms with Crippen molar-refractivity contribution in [1.29, 1.82) is 0 Å². The predicted octanol–water partition coefficient (Wildman–Crippen LogP) is 1.19. The van der Waals surface area contributed by atoms with Crippen LogP contribution in [0.25, 0.3) is 0 Å². The number of nitrogens with one attached hydrogen (secondary N) is 2. The summed E-state index contributed by atoms with van der Waals surface area (Å²) < 4.78 is 5.08. The predicted molar refractivity (Wildman–Crippen MR) is 93.0 cm³/mol. The van der Waals surface area contributed by atoms with Crippen LogP contribution >= 0.6 is 0 Å². The van der Waals surface area contributed by atoms with E-state index >= 15 is 0 Å². The Balaban J connectivity index is 2.71. The zero-order chi connectivity index (χ0) is 19.0. The van der Waals surface area contributed by atoms with Crippen LogP contribution in [0.2, 0.25) is 0 Å². The van der Waals surface area contributed by atoms with Gasteiger partial charge in [0.1, 0.15) is 17.9 Å². The molecule has 138 valence electrons. The van der Waals surface area contributed by atoms with Gasteiger partial charge in [0.2, 0.25) is 5.91 Å². The minimum Gasteiger partial charge on any atom is -0.444 e. The summed E-state index contributed by atoms with van der Waals surface area (Å²) in [4.78, 5) is 35.4. The fourth-order valence-electron chi connectivity index (χ4n) is 2.11. The quantitative estimate of drug-likeness (QED) is 0.641. The molecule has 1 aromatic carbocycles. The molecule has 25 heavy (non-hydrogen) atoms. The number of aldehydes is 1. The SMILES string of the molecule is C[C@@H](O)[C@H](NC(=O)OC(C)(C)C)C(=O)N[C@H](C=O)Cc1ccccc1. The first-order valence-corrected chi connectivity index (χ1v) is 8.09. The van der Waals surface area contributed by atoms with Crippen molar-refractivity contribution < 1.29 is 24.2 Å². The van der Waals surface area contributed by atoms with Crippen LogP contribution in [0.4, 0.5) is 4.79 Å². The number of rotatable bonds is 7. The molecular weight excluding hydrogens is 324 g/mol. The maximum Gasteiger partial charge on any atom is 0.408 e. The topological polar surface area (TPSA) is 105 Å². The maximum absolute atomic E-state index is 12.3. The van der Waals surface area contributed by atoms with E-state index < -0.39 is 35.8 Å². The van der Waals surface area contributed by atoms with Gasteiger partial charge in [-0.15, -0.1) is 0 Å². The zero-order valence-corrected chi connectivity index (χ0v) is 15.0. The van der Waals surface area contributed by atoms with Crippen molar-refractivity contribution in [2.75, 3.05) is 0 Å². The smallest absolute Gasteiger partial charge is 0.408 e. The van der Waals surface area contributed by atoms with E-state index in [-0.39, 0.29) is 0 Å². The fourth-order valence-corrected chi connectivity index (χ4v) is 2.11. The first-order valence-electron chi connectivity index (χ1n) is 8.09. The van der Waals surface area contributed by atoms with Gasteiger partial charge >= 0.3 is 6.09 Å². The molecule has 2 amide bonds. The van der Waals surface area contributed by atoms with E-state index in [0.717, 1.165) is 5.56 Å². The van der Waals surface area contributed by atoms with E-state index in [2.05, 4.69) is 10.6 Å². The summed E-state index contributed by atoms with van der Waals surface area (Å²) in [6.45, 7) is 6.43. The number of hydrogen-bond acceptors (Lipinski definition) is 5. The molecule has 0 unspecified atom stereocenters. The van der Waals surface area contributed by atoms with Crippen LogP contribution in [-0.2, 0) is 20.7 Å². The lowest BCUT2D eigenvalue weighted by Gasteiger charge is -2.25. The average molecular weight is 350 g/mol. The molecule has 0 heterocycles. The summed E-state index contributed by atoms with van der Waals surface area (Å²) in [5, 5.41) is 14.6. The Morgan fingerprint density at radius 3 is 2.28 bits per heavy atom. The number of ether oxygens (including phenoxy) is 1.